The van der Waals surface area contributed by atoms with Crippen LogP contribution in [0.15, 0.2) is 66.9 Å². The molecule has 1 aliphatic heterocycles. The number of ether oxygens (including phenoxy) is 1. The van der Waals surface area contributed by atoms with Crippen molar-refractivity contribution in [3.63, 3.8) is 0 Å². The quantitative estimate of drug-likeness (QED) is 0.308. The van der Waals surface area contributed by atoms with Crippen molar-refractivity contribution in [2.75, 3.05) is 11.9 Å². The molecule has 35 heavy (non-hydrogen) atoms. The van der Waals surface area contributed by atoms with Crippen molar-refractivity contribution in [2.24, 2.45) is 0 Å². The van der Waals surface area contributed by atoms with Gasteiger partial charge in [0.1, 0.15) is 42.4 Å². The van der Waals surface area contributed by atoms with Gasteiger partial charge in [0.05, 0.1) is 6.61 Å². The van der Waals surface area contributed by atoms with Crippen LogP contribution in [0.3, 0.4) is 0 Å². The highest BCUT2D eigenvalue weighted by atomic mass is 16.6. The van der Waals surface area contributed by atoms with Gasteiger partial charge in [-0.3, -0.25) is 4.79 Å². The first kappa shape index (κ1) is 24.9. The number of nitrogens with one attached hydrogen (secondary N) is 1. The SMILES string of the molecule is Cc1cc(-c2cccc(C(=O)Nc3ccccn3)c2)ccc1[C@@H](O)[C@H]1OC(CO)[C@@H](O)C(O)C1O. The Bertz CT molecular complexity index is 1170. The largest absolute Gasteiger partial charge is 0.394 e. The number of aliphatic hydroxyl groups is 5. The van der Waals surface area contributed by atoms with Crippen LogP contribution < -0.4 is 5.32 Å². The lowest BCUT2D eigenvalue weighted by Crippen LogP contribution is -2.59. The van der Waals surface area contributed by atoms with Crippen molar-refractivity contribution in [3.05, 3.63) is 83.6 Å². The lowest BCUT2D eigenvalue weighted by atomic mass is 9.87. The molecule has 2 aromatic carbocycles. The van der Waals surface area contributed by atoms with Crippen LogP contribution in [0, 0.1) is 6.92 Å². The van der Waals surface area contributed by atoms with Gasteiger partial charge in [-0.2, -0.15) is 0 Å². The molecular weight excluding hydrogens is 452 g/mol. The molecule has 4 rings (SSSR count). The molecule has 0 radical (unpaired) electrons. The number of aryl methyl sites for hydroxylation is 1. The Morgan fingerprint density at radius 3 is 2.46 bits per heavy atom. The first-order valence-corrected chi connectivity index (χ1v) is 11.2. The van der Waals surface area contributed by atoms with Crippen LogP contribution in [0.1, 0.15) is 27.6 Å². The molecule has 0 spiro atoms. The molecule has 1 saturated heterocycles. The van der Waals surface area contributed by atoms with Crippen LogP contribution in [0.5, 0.6) is 0 Å². The predicted molar refractivity (Wildman–Crippen MR) is 128 cm³/mol. The highest BCUT2D eigenvalue weighted by molar-refractivity contribution is 6.04. The van der Waals surface area contributed by atoms with Gasteiger partial charge in [0.25, 0.3) is 5.91 Å². The van der Waals surface area contributed by atoms with E-state index in [0.717, 1.165) is 11.1 Å². The molecule has 1 fully saturated rings. The maximum absolute atomic E-state index is 12.6. The molecule has 1 aromatic heterocycles. The minimum atomic E-state index is -1.57. The Labute approximate surface area is 202 Å². The summed E-state index contributed by atoms with van der Waals surface area (Å²) in [5.41, 5.74) is 3.20. The number of carbonyl (C=O) groups excluding carboxylic acids is 1. The molecule has 0 saturated carbocycles. The maximum Gasteiger partial charge on any atom is 0.256 e. The molecule has 3 aromatic rings. The van der Waals surface area contributed by atoms with Crippen LogP contribution >= 0.6 is 0 Å². The second-order valence-corrected chi connectivity index (χ2v) is 8.56. The van der Waals surface area contributed by atoms with E-state index in [2.05, 4.69) is 10.3 Å². The molecule has 6 N–H and O–H groups in total. The standard InChI is InChI=1S/C26H28N2O7/c1-14-11-16(15-5-4-6-17(12-15)26(34)28-20-7-2-3-10-27-20)8-9-18(14)21(30)25-24(33)23(32)22(31)19(13-29)35-25/h2-12,19,21-25,29-33H,13H2,1H3,(H,27,28,34)/t19?,21-,22-,23?,24?,25-/m1/s1. The van der Waals surface area contributed by atoms with E-state index in [9.17, 15) is 30.3 Å². The lowest BCUT2D eigenvalue weighted by Gasteiger charge is -2.42. The van der Waals surface area contributed by atoms with E-state index in [1.807, 2.05) is 12.1 Å². The number of hydrogen-bond donors (Lipinski definition) is 6. The first-order chi connectivity index (χ1) is 16.8. The topological polar surface area (TPSA) is 152 Å². The minimum absolute atomic E-state index is 0.295. The Balaban J connectivity index is 1.54. The average Bonchev–Trinajstić information content (AvgIpc) is 2.88. The van der Waals surface area contributed by atoms with E-state index in [1.54, 1.807) is 61.7 Å². The smallest absolute Gasteiger partial charge is 0.256 e. The number of nitrogens with zero attached hydrogens (tertiary/aromatic N) is 1. The number of carbonyl (C=O) groups is 1. The number of aliphatic hydroxyl groups excluding tert-OH is 5. The number of rotatable bonds is 6. The predicted octanol–water partition coefficient (Wildman–Crippen LogP) is 1.19. The normalized spacial score (nSPS) is 25.1. The number of amides is 1. The zero-order valence-electron chi connectivity index (χ0n) is 19.0. The molecule has 1 aliphatic rings. The minimum Gasteiger partial charge on any atom is -0.394 e. The highest BCUT2D eigenvalue weighted by Crippen LogP contribution is 2.33. The van der Waals surface area contributed by atoms with Gasteiger partial charge in [-0.1, -0.05) is 36.4 Å². The fourth-order valence-corrected chi connectivity index (χ4v) is 4.22. The molecule has 1 amide bonds. The number of pyridine rings is 1. The zero-order chi connectivity index (χ0) is 25.1. The van der Waals surface area contributed by atoms with E-state index in [0.29, 0.717) is 22.5 Å². The molecule has 0 bridgehead atoms. The van der Waals surface area contributed by atoms with Crippen molar-refractivity contribution >= 4 is 11.7 Å². The third kappa shape index (κ3) is 5.25. The molecule has 0 aliphatic carbocycles. The Hall–Kier alpha value is -3.18. The van der Waals surface area contributed by atoms with Crippen LogP contribution in [-0.4, -0.2) is 73.6 Å². The molecule has 9 heteroatoms. The molecule has 9 nitrogen and oxygen atoms in total. The Morgan fingerprint density at radius 1 is 1.00 bits per heavy atom. The summed E-state index contributed by atoms with van der Waals surface area (Å²) in [6.07, 6.45) is -6.68. The second kappa shape index (κ2) is 10.6. The average molecular weight is 481 g/mol. The van der Waals surface area contributed by atoms with Crippen molar-refractivity contribution in [1.29, 1.82) is 0 Å². The number of hydrogen-bond acceptors (Lipinski definition) is 8. The monoisotopic (exact) mass is 480 g/mol. The van der Waals surface area contributed by atoms with E-state index in [4.69, 9.17) is 4.74 Å². The van der Waals surface area contributed by atoms with Gasteiger partial charge in [-0.05, 0) is 53.4 Å². The van der Waals surface area contributed by atoms with Gasteiger partial charge >= 0.3 is 0 Å². The molecule has 184 valence electrons. The van der Waals surface area contributed by atoms with E-state index in [-0.39, 0.29) is 5.91 Å². The van der Waals surface area contributed by atoms with Crippen molar-refractivity contribution < 1.29 is 35.1 Å². The summed E-state index contributed by atoms with van der Waals surface area (Å²) in [5, 5.41) is 53.4. The molecule has 3 unspecified atom stereocenters. The number of anilines is 1. The van der Waals surface area contributed by atoms with Crippen molar-refractivity contribution in [2.45, 2.75) is 43.5 Å². The van der Waals surface area contributed by atoms with Gasteiger partial charge in [0, 0.05) is 11.8 Å². The van der Waals surface area contributed by atoms with Crippen LogP contribution in [0.4, 0.5) is 5.82 Å². The Morgan fingerprint density at radius 2 is 1.77 bits per heavy atom. The summed E-state index contributed by atoms with van der Waals surface area (Å²) >= 11 is 0. The van der Waals surface area contributed by atoms with Gasteiger partial charge in [0.15, 0.2) is 0 Å². The van der Waals surface area contributed by atoms with Crippen LogP contribution in [-0.2, 0) is 4.74 Å². The summed E-state index contributed by atoms with van der Waals surface area (Å²) in [6, 6.07) is 17.6. The van der Waals surface area contributed by atoms with Crippen LogP contribution in [0.25, 0.3) is 11.1 Å². The first-order valence-electron chi connectivity index (χ1n) is 11.2. The van der Waals surface area contributed by atoms with Crippen molar-refractivity contribution in [3.8, 4) is 11.1 Å². The fraction of sp³-hybridized carbons (Fsp3) is 0.308. The van der Waals surface area contributed by atoms with Crippen LogP contribution in [0.2, 0.25) is 0 Å². The van der Waals surface area contributed by atoms with Gasteiger partial charge in [0.2, 0.25) is 0 Å². The molecule has 2 heterocycles. The maximum atomic E-state index is 12.6. The zero-order valence-corrected chi connectivity index (χ0v) is 19.0. The summed E-state index contributed by atoms with van der Waals surface area (Å²) < 4.78 is 5.50. The lowest BCUT2D eigenvalue weighted by molar-refractivity contribution is -0.250. The summed E-state index contributed by atoms with van der Waals surface area (Å²) in [6.45, 7) is 1.21. The molecule has 6 atom stereocenters. The highest BCUT2D eigenvalue weighted by Gasteiger charge is 2.46. The van der Waals surface area contributed by atoms with E-state index >= 15 is 0 Å². The van der Waals surface area contributed by atoms with Crippen molar-refractivity contribution in [1.82, 2.24) is 4.98 Å². The third-order valence-electron chi connectivity index (χ3n) is 6.19. The summed E-state index contributed by atoms with van der Waals surface area (Å²) in [7, 11) is 0. The Kier molecular flexibility index (Phi) is 7.56. The molecular formula is C26H28N2O7. The van der Waals surface area contributed by atoms with Gasteiger partial charge in [-0.15, -0.1) is 0 Å². The number of benzene rings is 2. The van der Waals surface area contributed by atoms with E-state index < -0.39 is 43.2 Å². The fourth-order valence-electron chi connectivity index (χ4n) is 4.22. The third-order valence-corrected chi connectivity index (χ3v) is 6.19. The second-order valence-electron chi connectivity index (χ2n) is 8.56. The van der Waals surface area contributed by atoms with Gasteiger partial charge in [-0.25, -0.2) is 4.98 Å². The summed E-state index contributed by atoms with van der Waals surface area (Å²) in [5.74, 6) is 0.155. The number of aromatic nitrogens is 1. The van der Waals surface area contributed by atoms with E-state index in [1.165, 1.54) is 0 Å². The summed E-state index contributed by atoms with van der Waals surface area (Å²) in [4.78, 5) is 16.7. The van der Waals surface area contributed by atoms with Gasteiger partial charge < -0.3 is 35.6 Å².